The van der Waals surface area contributed by atoms with E-state index >= 15 is 0 Å². The summed E-state index contributed by atoms with van der Waals surface area (Å²) in [6.07, 6.45) is 6.83. The number of likely N-dealkylation sites (tertiary alicyclic amines) is 1. The number of amides is 1. The lowest BCUT2D eigenvalue weighted by atomic mass is 10.0. The smallest absolute Gasteiger partial charge is 0.256 e. The monoisotopic (exact) mass is 453 g/mol. The third-order valence-corrected chi connectivity index (χ3v) is 6.15. The number of pyridine rings is 1. The molecule has 1 aliphatic heterocycles. The van der Waals surface area contributed by atoms with Gasteiger partial charge >= 0.3 is 0 Å². The van der Waals surface area contributed by atoms with E-state index in [0.29, 0.717) is 23.0 Å². The van der Waals surface area contributed by atoms with Gasteiger partial charge in [0.1, 0.15) is 6.10 Å². The molecular weight excluding hydrogens is 434 g/mol. The standard InChI is InChI=1S/C21H20BrN5O2/c1-13-2-4-16(17(8-13)27-24-6-7-25-27)21(28)26-12-14-9-18(26)19(10-14)29-20-5-3-15(22)11-23-20/h2-8,11,14,18-19H,9-10,12H2,1H3. The van der Waals surface area contributed by atoms with Crippen LogP contribution in [0.5, 0.6) is 5.88 Å². The van der Waals surface area contributed by atoms with Crippen molar-refractivity contribution in [1.82, 2.24) is 24.9 Å². The Morgan fingerprint density at radius 3 is 2.72 bits per heavy atom. The van der Waals surface area contributed by atoms with E-state index < -0.39 is 0 Å². The van der Waals surface area contributed by atoms with Crippen LogP contribution in [-0.4, -0.2) is 49.5 Å². The van der Waals surface area contributed by atoms with Gasteiger partial charge in [-0.15, -0.1) is 0 Å². The summed E-state index contributed by atoms with van der Waals surface area (Å²) in [6, 6.07) is 9.58. The zero-order chi connectivity index (χ0) is 20.0. The molecule has 3 atom stereocenters. The lowest BCUT2D eigenvalue weighted by Crippen LogP contribution is -2.47. The number of ether oxygens (including phenoxy) is 1. The van der Waals surface area contributed by atoms with E-state index in [2.05, 4.69) is 31.1 Å². The summed E-state index contributed by atoms with van der Waals surface area (Å²) in [5.74, 6) is 1.05. The maximum Gasteiger partial charge on any atom is 0.256 e. The van der Waals surface area contributed by atoms with Crippen LogP contribution in [0.15, 0.2) is 53.4 Å². The molecule has 8 heteroatoms. The largest absolute Gasteiger partial charge is 0.472 e. The van der Waals surface area contributed by atoms with Crippen LogP contribution < -0.4 is 4.74 Å². The number of hydrogen-bond acceptors (Lipinski definition) is 5. The molecule has 1 amide bonds. The van der Waals surface area contributed by atoms with Crippen LogP contribution >= 0.6 is 15.9 Å². The molecule has 29 heavy (non-hydrogen) atoms. The Labute approximate surface area is 176 Å². The minimum absolute atomic E-state index is 0.00173. The van der Waals surface area contributed by atoms with Gasteiger partial charge in [0.15, 0.2) is 0 Å². The molecule has 5 rings (SSSR count). The van der Waals surface area contributed by atoms with Gasteiger partial charge in [-0.25, -0.2) is 4.98 Å². The molecule has 3 aromatic rings. The number of aromatic nitrogens is 4. The molecule has 7 nitrogen and oxygen atoms in total. The quantitative estimate of drug-likeness (QED) is 0.604. The summed E-state index contributed by atoms with van der Waals surface area (Å²) in [5.41, 5.74) is 2.37. The Bertz CT molecular complexity index is 1040. The highest BCUT2D eigenvalue weighted by Crippen LogP contribution is 2.40. The van der Waals surface area contributed by atoms with Crippen molar-refractivity contribution in [2.45, 2.75) is 31.9 Å². The van der Waals surface area contributed by atoms with Gasteiger partial charge in [-0.3, -0.25) is 4.79 Å². The van der Waals surface area contributed by atoms with Crippen molar-refractivity contribution in [2.75, 3.05) is 6.54 Å². The molecule has 1 aromatic carbocycles. The van der Waals surface area contributed by atoms with E-state index in [1.807, 2.05) is 42.2 Å². The number of carbonyl (C=O) groups is 1. The summed E-state index contributed by atoms with van der Waals surface area (Å²) in [5, 5.41) is 8.44. The van der Waals surface area contributed by atoms with Crippen molar-refractivity contribution in [2.24, 2.45) is 5.92 Å². The lowest BCUT2D eigenvalue weighted by molar-refractivity contribution is 0.0466. The lowest BCUT2D eigenvalue weighted by Gasteiger charge is -2.33. The number of halogens is 1. The maximum absolute atomic E-state index is 13.5. The second kappa shape index (κ2) is 7.26. The van der Waals surface area contributed by atoms with Gasteiger partial charge in [0.25, 0.3) is 5.91 Å². The Morgan fingerprint density at radius 1 is 1.17 bits per heavy atom. The second-order valence-corrected chi connectivity index (χ2v) is 8.59. The molecule has 3 unspecified atom stereocenters. The van der Waals surface area contributed by atoms with Crippen molar-refractivity contribution in [3.63, 3.8) is 0 Å². The van der Waals surface area contributed by atoms with Crippen molar-refractivity contribution in [1.29, 1.82) is 0 Å². The number of benzene rings is 1. The van der Waals surface area contributed by atoms with E-state index in [0.717, 1.165) is 29.4 Å². The highest BCUT2D eigenvalue weighted by Gasteiger charge is 2.48. The molecule has 0 N–H and O–H groups in total. The molecule has 2 bridgehead atoms. The Balaban J connectivity index is 1.40. The van der Waals surface area contributed by atoms with Gasteiger partial charge in [-0.1, -0.05) is 6.07 Å². The predicted molar refractivity (Wildman–Crippen MR) is 110 cm³/mol. The molecule has 0 radical (unpaired) electrons. The fourth-order valence-corrected chi connectivity index (χ4v) is 4.63. The van der Waals surface area contributed by atoms with Crippen molar-refractivity contribution in [3.05, 3.63) is 64.5 Å². The van der Waals surface area contributed by atoms with Crippen molar-refractivity contribution < 1.29 is 9.53 Å². The third-order valence-electron chi connectivity index (χ3n) is 5.68. The van der Waals surface area contributed by atoms with Gasteiger partial charge in [0.05, 0.1) is 29.7 Å². The number of aryl methyl sites for hydroxylation is 1. The fraction of sp³-hybridized carbons (Fsp3) is 0.333. The highest BCUT2D eigenvalue weighted by molar-refractivity contribution is 9.10. The van der Waals surface area contributed by atoms with E-state index in [9.17, 15) is 4.79 Å². The summed E-state index contributed by atoms with van der Waals surface area (Å²) in [4.78, 5) is 21.3. The van der Waals surface area contributed by atoms with Crippen LogP contribution in [0.2, 0.25) is 0 Å². The van der Waals surface area contributed by atoms with E-state index in [1.165, 1.54) is 4.80 Å². The van der Waals surface area contributed by atoms with Crippen LogP contribution in [0.1, 0.15) is 28.8 Å². The van der Waals surface area contributed by atoms with Crippen molar-refractivity contribution in [3.8, 4) is 11.6 Å². The Morgan fingerprint density at radius 2 is 2.00 bits per heavy atom. The topological polar surface area (TPSA) is 73.1 Å². The molecule has 148 valence electrons. The maximum atomic E-state index is 13.5. The molecule has 2 fully saturated rings. The first-order valence-electron chi connectivity index (χ1n) is 9.65. The first-order valence-corrected chi connectivity index (χ1v) is 10.4. The Hall–Kier alpha value is -2.74. The van der Waals surface area contributed by atoms with Crippen molar-refractivity contribution >= 4 is 21.8 Å². The minimum Gasteiger partial charge on any atom is -0.472 e. The number of fused-ring (bicyclic) bond motifs is 2. The zero-order valence-electron chi connectivity index (χ0n) is 15.9. The molecular formula is C21H20BrN5O2. The second-order valence-electron chi connectivity index (χ2n) is 7.67. The number of carbonyl (C=O) groups excluding carboxylic acids is 1. The van der Waals surface area contributed by atoms with Gasteiger partial charge in [0, 0.05) is 23.3 Å². The highest BCUT2D eigenvalue weighted by atomic mass is 79.9. The minimum atomic E-state index is -0.0388. The SMILES string of the molecule is Cc1ccc(C(=O)N2CC3CC(Oc4ccc(Br)cn4)C2C3)c(-n2nccn2)c1. The van der Waals surface area contributed by atoms with Crippen LogP contribution in [0.3, 0.4) is 0 Å². The van der Waals surface area contributed by atoms with Crippen LogP contribution in [-0.2, 0) is 0 Å². The zero-order valence-corrected chi connectivity index (χ0v) is 17.5. The normalized spacial score (nSPS) is 22.8. The predicted octanol–water partition coefficient (Wildman–Crippen LogP) is 3.42. The van der Waals surface area contributed by atoms with Crippen LogP contribution in [0.25, 0.3) is 5.69 Å². The number of piperidine rings is 1. The molecule has 2 aliphatic rings. The summed E-state index contributed by atoms with van der Waals surface area (Å²) < 4.78 is 7.06. The average Bonchev–Trinajstić information content (AvgIpc) is 3.46. The van der Waals surface area contributed by atoms with Gasteiger partial charge in [-0.05, 0) is 65.4 Å². The summed E-state index contributed by atoms with van der Waals surface area (Å²) in [7, 11) is 0. The molecule has 1 saturated heterocycles. The molecule has 2 aromatic heterocycles. The summed E-state index contributed by atoms with van der Waals surface area (Å²) in [6.45, 7) is 2.76. The van der Waals surface area contributed by atoms with E-state index in [-0.39, 0.29) is 18.1 Å². The van der Waals surface area contributed by atoms with Gasteiger partial charge in [0.2, 0.25) is 5.88 Å². The number of nitrogens with zero attached hydrogens (tertiary/aromatic N) is 5. The first-order chi connectivity index (χ1) is 14.1. The van der Waals surface area contributed by atoms with E-state index in [4.69, 9.17) is 4.74 Å². The third kappa shape index (κ3) is 3.42. The molecule has 1 saturated carbocycles. The van der Waals surface area contributed by atoms with Gasteiger partial charge in [-0.2, -0.15) is 15.0 Å². The van der Waals surface area contributed by atoms with Crippen LogP contribution in [0.4, 0.5) is 0 Å². The Kier molecular flexibility index (Phi) is 4.58. The number of hydrogen-bond donors (Lipinski definition) is 0. The van der Waals surface area contributed by atoms with Gasteiger partial charge < -0.3 is 9.64 Å². The average molecular weight is 454 g/mol. The molecule has 1 aliphatic carbocycles. The summed E-state index contributed by atoms with van der Waals surface area (Å²) >= 11 is 3.39. The fourth-order valence-electron chi connectivity index (χ4n) is 4.40. The molecule has 0 spiro atoms. The number of rotatable bonds is 4. The first kappa shape index (κ1) is 18.3. The van der Waals surface area contributed by atoms with Crippen LogP contribution in [0, 0.1) is 12.8 Å². The van der Waals surface area contributed by atoms with E-state index in [1.54, 1.807) is 18.6 Å². The molecule has 3 heterocycles.